The van der Waals surface area contributed by atoms with Crippen molar-refractivity contribution < 1.29 is 13.9 Å². The number of carbonyl (C=O) groups excluding carboxylic acids is 1. The lowest BCUT2D eigenvalue weighted by atomic mass is 10.1. The van der Waals surface area contributed by atoms with Crippen LogP contribution in [0.25, 0.3) is 10.9 Å². The van der Waals surface area contributed by atoms with Crippen LogP contribution in [0.4, 0.5) is 10.3 Å². The topological polar surface area (TPSA) is 85.2 Å². The summed E-state index contributed by atoms with van der Waals surface area (Å²) in [6.07, 6.45) is 0.503. The number of amides is 1. The van der Waals surface area contributed by atoms with Crippen LogP contribution in [-0.4, -0.2) is 22.6 Å². The molecule has 8 heteroatoms. The van der Waals surface area contributed by atoms with Crippen LogP contribution in [0, 0.1) is 5.82 Å². The number of benzene rings is 2. The number of methoxy groups -OCH3 is 1. The second-order valence-electron chi connectivity index (χ2n) is 6.14. The third-order valence-corrected chi connectivity index (χ3v) is 4.35. The van der Waals surface area contributed by atoms with E-state index in [1.54, 1.807) is 30.3 Å². The number of hydrogen-bond donors (Lipinski definition) is 2. The Morgan fingerprint density at radius 2 is 2.04 bits per heavy atom. The van der Waals surface area contributed by atoms with E-state index in [2.05, 4.69) is 15.8 Å². The first-order valence-corrected chi connectivity index (χ1v) is 8.90. The summed E-state index contributed by atoms with van der Waals surface area (Å²) >= 11 is 0. The van der Waals surface area contributed by atoms with Gasteiger partial charge in [-0.25, -0.2) is 9.37 Å². The van der Waals surface area contributed by atoms with E-state index in [-0.39, 0.29) is 29.6 Å². The van der Waals surface area contributed by atoms with Crippen molar-refractivity contribution in [1.29, 1.82) is 0 Å². The third kappa shape index (κ3) is 4.11. The fourth-order valence-corrected chi connectivity index (χ4v) is 2.87. The number of aryl methyl sites for hydroxylation is 1. The van der Waals surface area contributed by atoms with Crippen LogP contribution in [0.15, 0.2) is 47.3 Å². The van der Waals surface area contributed by atoms with Gasteiger partial charge in [0.15, 0.2) is 11.6 Å². The number of halogens is 1. The number of fused-ring (bicyclic) bond motifs is 1. The Morgan fingerprint density at radius 3 is 2.75 bits per heavy atom. The van der Waals surface area contributed by atoms with Gasteiger partial charge < -0.3 is 4.74 Å². The average Bonchev–Trinajstić information content (AvgIpc) is 2.71. The predicted molar refractivity (Wildman–Crippen MR) is 105 cm³/mol. The van der Waals surface area contributed by atoms with Gasteiger partial charge in [0.2, 0.25) is 11.9 Å². The van der Waals surface area contributed by atoms with E-state index < -0.39 is 5.82 Å². The maximum Gasteiger partial charge on any atom is 0.262 e. The summed E-state index contributed by atoms with van der Waals surface area (Å²) in [4.78, 5) is 29.1. The smallest absolute Gasteiger partial charge is 0.262 e. The van der Waals surface area contributed by atoms with Gasteiger partial charge in [0.25, 0.3) is 5.56 Å². The maximum atomic E-state index is 13.7. The Balaban J connectivity index is 1.66. The van der Waals surface area contributed by atoms with Gasteiger partial charge in [0, 0.05) is 13.0 Å². The molecule has 0 atom stereocenters. The molecule has 3 rings (SSSR count). The molecule has 3 aromatic rings. The average molecular weight is 384 g/mol. The Morgan fingerprint density at radius 1 is 1.25 bits per heavy atom. The molecule has 0 saturated heterocycles. The molecule has 0 aliphatic heterocycles. The first kappa shape index (κ1) is 19.3. The molecule has 7 nitrogen and oxygen atoms in total. The summed E-state index contributed by atoms with van der Waals surface area (Å²) in [7, 11) is 1.40. The molecule has 1 aromatic heterocycles. The summed E-state index contributed by atoms with van der Waals surface area (Å²) in [6, 6.07) is 11.6. The molecule has 0 unspecified atom stereocenters. The van der Waals surface area contributed by atoms with Gasteiger partial charge in [-0.05, 0) is 43.2 Å². The van der Waals surface area contributed by atoms with Crippen LogP contribution >= 0.6 is 0 Å². The number of anilines is 1. The molecule has 0 radical (unpaired) electrons. The second kappa shape index (κ2) is 8.51. The van der Waals surface area contributed by atoms with Crippen molar-refractivity contribution in [3.8, 4) is 5.75 Å². The van der Waals surface area contributed by atoms with E-state index in [1.807, 2.05) is 6.92 Å². The zero-order valence-electron chi connectivity index (χ0n) is 15.7. The maximum absolute atomic E-state index is 13.7. The van der Waals surface area contributed by atoms with Crippen molar-refractivity contribution in [2.75, 3.05) is 12.5 Å². The summed E-state index contributed by atoms with van der Waals surface area (Å²) in [5.41, 5.74) is 6.31. The van der Waals surface area contributed by atoms with Gasteiger partial charge in [-0.2, -0.15) is 0 Å². The van der Waals surface area contributed by atoms with Crippen molar-refractivity contribution in [2.45, 2.75) is 26.3 Å². The molecule has 0 fully saturated rings. The van der Waals surface area contributed by atoms with E-state index in [9.17, 15) is 14.0 Å². The fourth-order valence-electron chi connectivity index (χ4n) is 2.87. The van der Waals surface area contributed by atoms with E-state index in [0.717, 1.165) is 0 Å². The number of hydrogen-bond acceptors (Lipinski definition) is 5. The van der Waals surface area contributed by atoms with E-state index in [1.165, 1.54) is 23.8 Å². The lowest BCUT2D eigenvalue weighted by molar-refractivity contribution is -0.120. The number of ether oxygens (including phenoxy) is 1. The van der Waals surface area contributed by atoms with Crippen LogP contribution in [0.5, 0.6) is 5.75 Å². The van der Waals surface area contributed by atoms with Crippen LogP contribution in [0.3, 0.4) is 0 Å². The van der Waals surface area contributed by atoms with Crippen molar-refractivity contribution in [3.05, 3.63) is 64.2 Å². The minimum Gasteiger partial charge on any atom is -0.494 e. The molecule has 1 heterocycles. The normalized spacial score (nSPS) is 10.7. The summed E-state index contributed by atoms with van der Waals surface area (Å²) in [5, 5.41) is 0.516. The molecule has 1 amide bonds. The molecule has 0 aliphatic rings. The first-order valence-electron chi connectivity index (χ1n) is 8.90. The Labute approximate surface area is 161 Å². The highest BCUT2D eigenvalue weighted by Gasteiger charge is 2.11. The van der Waals surface area contributed by atoms with E-state index in [0.29, 0.717) is 29.4 Å². The van der Waals surface area contributed by atoms with Crippen LogP contribution in [0.1, 0.15) is 18.9 Å². The number of aromatic nitrogens is 2. The molecule has 0 aliphatic carbocycles. The fraction of sp³-hybridized carbons (Fsp3) is 0.250. The predicted octanol–water partition coefficient (Wildman–Crippen LogP) is 2.64. The van der Waals surface area contributed by atoms with Crippen molar-refractivity contribution in [1.82, 2.24) is 15.0 Å². The van der Waals surface area contributed by atoms with Crippen LogP contribution in [0.2, 0.25) is 0 Å². The number of rotatable bonds is 7. The largest absolute Gasteiger partial charge is 0.494 e. The Bertz CT molecular complexity index is 1060. The summed E-state index contributed by atoms with van der Waals surface area (Å²) in [5.74, 6) is -0.350. The zero-order valence-corrected chi connectivity index (χ0v) is 15.7. The third-order valence-electron chi connectivity index (χ3n) is 4.35. The van der Waals surface area contributed by atoms with Crippen molar-refractivity contribution in [2.24, 2.45) is 0 Å². The molecule has 2 N–H and O–H groups in total. The standard InChI is InChI=1S/C20H21FN4O3/c1-3-25-19(27)14-6-4-5-7-16(14)22-20(25)24-23-18(26)11-9-13-8-10-17(28-2)15(21)12-13/h4-8,10,12H,3,9,11H2,1-2H3,(H,22,24)(H,23,26). The first-order chi connectivity index (χ1) is 13.5. The molecular formula is C20H21FN4O3. The van der Waals surface area contributed by atoms with Gasteiger partial charge in [-0.3, -0.25) is 25.0 Å². The highest BCUT2D eigenvalue weighted by atomic mass is 19.1. The second-order valence-corrected chi connectivity index (χ2v) is 6.14. The van der Waals surface area contributed by atoms with Gasteiger partial charge in [0.05, 0.1) is 18.0 Å². The lowest BCUT2D eigenvalue weighted by Gasteiger charge is -2.14. The summed E-state index contributed by atoms with van der Waals surface area (Å²) in [6.45, 7) is 2.23. The van der Waals surface area contributed by atoms with Gasteiger partial charge in [0.1, 0.15) is 0 Å². The van der Waals surface area contributed by atoms with Crippen LogP contribution < -0.4 is 21.1 Å². The number of nitrogens with one attached hydrogen (secondary N) is 2. The monoisotopic (exact) mass is 384 g/mol. The number of carbonyl (C=O) groups is 1. The minimum atomic E-state index is -0.467. The van der Waals surface area contributed by atoms with Crippen molar-refractivity contribution in [3.63, 3.8) is 0 Å². The number of nitrogens with zero attached hydrogens (tertiary/aromatic N) is 2. The molecule has 2 aromatic carbocycles. The van der Waals surface area contributed by atoms with Gasteiger partial charge >= 0.3 is 0 Å². The highest BCUT2D eigenvalue weighted by Crippen LogP contribution is 2.18. The molecule has 0 saturated carbocycles. The van der Waals surface area contributed by atoms with Crippen LogP contribution in [-0.2, 0) is 17.8 Å². The zero-order chi connectivity index (χ0) is 20.1. The minimum absolute atomic E-state index is 0.142. The Hall–Kier alpha value is -3.42. The van der Waals surface area contributed by atoms with Gasteiger partial charge in [-0.15, -0.1) is 0 Å². The lowest BCUT2D eigenvalue weighted by Crippen LogP contribution is -2.34. The van der Waals surface area contributed by atoms with E-state index in [4.69, 9.17) is 4.74 Å². The molecule has 0 spiro atoms. The Kier molecular flexibility index (Phi) is 5.88. The number of hydrazine groups is 1. The summed E-state index contributed by atoms with van der Waals surface area (Å²) < 4.78 is 20.0. The number of para-hydroxylation sites is 1. The molecular weight excluding hydrogens is 363 g/mol. The van der Waals surface area contributed by atoms with Crippen molar-refractivity contribution >= 4 is 22.8 Å². The highest BCUT2D eigenvalue weighted by molar-refractivity contribution is 5.80. The molecule has 146 valence electrons. The molecule has 28 heavy (non-hydrogen) atoms. The SMILES string of the molecule is CCn1c(NNC(=O)CCc2ccc(OC)c(F)c2)nc2ccccc2c1=O. The van der Waals surface area contributed by atoms with E-state index >= 15 is 0 Å². The molecule has 0 bridgehead atoms. The van der Waals surface area contributed by atoms with Gasteiger partial charge in [-0.1, -0.05) is 18.2 Å². The quantitative estimate of drug-likeness (QED) is 0.612.